The van der Waals surface area contributed by atoms with Gasteiger partial charge in [-0.25, -0.2) is 8.42 Å². The first-order valence-corrected chi connectivity index (χ1v) is 9.10. The average molecular weight is 388 g/mol. The zero-order chi connectivity index (χ0) is 16.7. The molecule has 0 aliphatic carbocycles. The molecule has 1 aromatic carbocycles. The summed E-state index contributed by atoms with van der Waals surface area (Å²) in [5.41, 5.74) is 0.780. The molecule has 2 rings (SSSR count). The number of benzene rings is 1. The van der Waals surface area contributed by atoms with Crippen molar-refractivity contribution in [3.63, 3.8) is 0 Å². The fourth-order valence-electron chi connectivity index (χ4n) is 2.10. The predicted octanol–water partition coefficient (Wildman–Crippen LogP) is 3.36. The van der Waals surface area contributed by atoms with Crippen LogP contribution in [0.3, 0.4) is 0 Å². The van der Waals surface area contributed by atoms with E-state index in [9.17, 15) is 18.0 Å². The van der Waals surface area contributed by atoms with Gasteiger partial charge in [0.2, 0.25) is 10.0 Å². The molecule has 118 valence electrons. The number of carbonyl (C=O) groups excluding carboxylic acids is 2. The predicted molar refractivity (Wildman–Crippen MR) is 87.0 cm³/mol. The number of fused-ring (bicyclic) bond motifs is 1. The van der Waals surface area contributed by atoms with Crippen LogP contribution >= 0.6 is 15.9 Å². The van der Waals surface area contributed by atoms with Gasteiger partial charge >= 0.3 is 0 Å². The fourth-order valence-corrected chi connectivity index (χ4v) is 3.24. The third-order valence-electron chi connectivity index (χ3n) is 2.99. The van der Waals surface area contributed by atoms with Gasteiger partial charge in [-0.05, 0) is 22.0 Å². The summed E-state index contributed by atoms with van der Waals surface area (Å²) in [5, 5.41) is 0.475. The number of furan rings is 1. The lowest BCUT2D eigenvalue weighted by Crippen LogP contribution is -2.09. The van der Waals surface area contributed by atoms with Gasteiger partial charge in [-0.2, -0.15) is 0 Å². The summed E-state index contributed by atoms with van der Waals surface area (Å²) < 4.78 is 31.0. The van der Waals surface area contributed by atoms with Crippen LogP contribution in [0.4, 0.5) is 5.69 Å². The molecule has 0 bridgehead atoms. The van der Waals surface area contributed by atoms with Crippen molar-refractivity contribution in [2.75, 3.05) is 11.0 Å². The number of Topliss-reactive ketones (excluding diaryl/α,β-unsaturated/α-hetero) is 2. The smallest absolute Gasteiger partial charge is 0.229 e. The van der Waals surface area contributed by atoms with Gasteiger partial charge in [-0.1, -0.05) is 6.92 Å². The molecule has 0 radical (unpaired) electrons. The summed E-state index contributed by atoms with van der Waals surface area (Å²) in [4.78, 5) is 23.8. The van der Waals surface area contributed by atoms with Crippen LogP contribution in [0.15, 0.2) is 21.0 Å². The minimum Gasteiger partial charge on any atom is -0.452 e. The van der Waals surface area contributed by atoms with E-state index in [1.54, 1.807) is 13.0 Å². The monoisotopic (exact) mass is 387 g/mol. The van der Waals surface area contributed by atoms with E-state index in [0.717, 1.165) is 6.26 Å². The first-order valence-electron chi connectivity index (χ1n) is 6.42. The van der Waals surface area contributed by atoms with E-state index in [1.165, 1.54) is 13.0 Å². The minimum atomic E-state index is -3.46. The Morgan fingerprint density at radius 2 is 1.95 bits per heavy atom. The summed E-state index contributed by atoms with van der Waals surface area (Å²) in [7, 11) is -3.46. The van der Waals surface area contributed by atoms with Gasteiger partial charge in [-0.15, -0.1) is 0 Å². The Bertz CT molecular complexity index is 882. The first kappa shape index (κ1) is 16.7. The number of carbonyl (C=O) groups is 2. The van der Waals surface area contributed by atoms with E-state index in [-0.39, 0.29) is 40.6 Å². The number of rotatable bonds is 5. The fraction of sp³-hybridized carbons (Fsp3) is 0.286. The van der Waals surface area contributed by atoms with Crippen molar-refractivity contribution in [1.82, 2.24) is 0 Å². The van der Waals surface area contributed by atoms with Gasteiger partial charge in [0.1, 0.15) is 5.58 Å². The van der Waals surface area contributed by atoms with E-state index in [4.69, 9.17) is 4.42 Å². The molecular weight excluding hydrogens is 374 g/mol. The summed E-state index contributed by atoms with van der Waals surface area (Å²) in [6, 6.07) is 3.01. The Morgan fingerprint density at radius 1 is 1.32 bits per heavy atom. The topological polar surface area (TPSA) is 93.4 Å². The molecule has 0 spiro atoms. The normalized spacial score (nSPS) is 11.6. The lowest BCUT2D eigenvalue weighted by atomic mass is 10.0. The molecule has 0 fully saturated rings. The van der Waals surface area contributed by atoms with Crippen molar-refractivity contribution in [3.05, 3.63) is 27.9 Å². The molecule has 0 saturated heterocycles. The lowest BCUT2D eigenvalue weighted by molar-refractivity contribution is 0.0952. The Morgan fingerprint density at radius 3 is 2.45 bits per heavy atom. The van der Waals surface area contributed by atoms with Crippen LogP contribution in [0.5, 0.6) is 0 Å². The van der Waals surface area contributed by atoms with Gasteiger partial charge in [-0.3, -0.25) is 14.3 Å². The van der Waals surface area contributed by atoms with Gasteiger partial charge in [0.25, 0.3) is 0 Å². The highest BCUT2D eigenvalue weighted by Gasteiger charge is 2.23. The maximum absolute atomic E-state index is 12.1. The Hall–Kier alpha value is -1.67. The molecule has 8 heteroatoms. The number of nitrogens with one attached hydrogen (secondary N) is 1. The molecule has 0 amide bonds. The van der Waals surface area contributed by atoms with Crippen LogP contribution in [-0.4, -0.2) is 26.2 Å². The molecule has 0 aliphatic rings. The maximum Gasteiger partial charge on any atom is 0.229 e. The van der Waals surface area contributed by atoms with Crippen LogP contribution in [-0.2, 0) is 10.0 Å². The third kappa shape index (κ3) is 3.22. The Balaban J connectivity index is 2.75. The van der Waals surface area contributed by atoms with Crippen molar-refractivity contribution in [1.29, 1.82) is 0 Å². The molecule has 0 atom stereocenters. The maximum atomic E-state index is 12.1. The van der Waals surface area contributed by atoms with Gasteiger partial charge < -0.3 is 4.42 Å². The van der Waals surface area contributed by atoms with Gasteiger partial charge in [0, 0.05) is 29.3 Å². The zero-order valence-electron chi connectivity index (χ0n) is 12.2. The number of halogens is 1. The van der Waals surface area contributed by atoms with Crippen molar-refractivity contribution in [2.45, 2.75) is 20.3 Å². The number of ketones is 2. The molecule has 0 saturated carbocycles. The number of hydrogen-bond acceptors (Lipinski definition) is 5. The molecule has 1 aromatic heterocycles. The van der Waals surface area contributed by atoms with E-state index < -0.39 is 10.0 Å². The second kappa shape index (κ2) is 5.85. The van der Waals surface area contributed by atoms with Gasteiger partial charge in [0.05, 0.1) is 17.5 Å². The molecule has 2 aromatic rings. The largest absolute Gasteiger partial charge is 0.452 e. The van der Waals surface area contributed by atoms with E-state index in [1.807, 2.05) is 0 Å². The minimum absolute atomic E-state index is 0.00902. The highest BCUT2D eigenvalue weighted by atomic mass is 79.9. The Labute approximate surface area is 136 Å². The lowest BCUT2D eigenvalue weighted by Gasteiger charge is -2.06. The summed E-state index contributed by atoms with van der Waals surface area (Å²) in [5.74, 6) is -0.577. The number of anilines is 1. The van der Waals surface area contributed by atoms with Crippen LogP contribution in [0.1, 0.15) is 41.2 Å². The SMILES string of the molecule is CCC(=O)c1c(C(C)=O)oc2cc(NS(C)(=O)=O)c(Br)cc12. The van der Waals surface area contributed by atoms with E-state index in [2.05, 4.69) is 20.7 Å². The molecule has 6 nitrogen and oxygen atoms in total. The van der Waals surface area contributed by atoms with E-state index in [0.29, 0.717) is 9.86 Å². The summed E-state index contributed by atoms with van der Waals surface area (Å²) in [6.07, 6.45) is 1.26. The summed E-state index contributed by atoms with van der Waals surface area (Å²) in [6.45, 7) is 3.01. The van der Waals surface area contributed by atoms with Crippen LogP contribution in [0, 0.1) is 0 Å². The van der Waals surface area contributed by atoms with Crippen molar-refractivity contribution >= 4 is 54.2 Å². The molecule has 0 unspecified atom stereocenters. The summed E-state index contributed by atoms with van der Waals surface area (Å²) >= 11 is 3.26. The first-order chi connectivity index (χ1) is 10.1. The molecule has 1 N–H and O–H groups in total. The van der Waals surface area contributed by atoms with E-state index >= 15 is 0 Å². The second-order valence-corrected chi connectivity index (χ2v) is 7.44. The van der Waals surface area contributed by atoms with Crippen LogP contribution in [0.2, 0.25) is 0 Å². The van der Waals surface area contributed by atoms with Gasteiger partial charge in [0.15, 0.2) is 17.3 Å². The number of sulfonamides is 1. The molecule has 22 heavy (non-hydrogen) atoms. The van der Waals surface area contributed by atoms with Crippen LogP contribution < -0.4 is 4.72 Å². The van der Waals surface area contributed by atoms with Crippen molar-refractivity contribution in [2.24, 2.45) is 0 Å². The number of hydrogen-bond donors (Lipinski definition) is 1. The second-order valence-electron chi connectivity index (χ2n) is 4.84. The third-order valence-corrected chi connectivity index (χ3v) is 4.24. The Kier molecular flexibility index (Phi) is 4.44. The zero-order valence-corrected chi connectivity index (χ0v) is 14.6. The highest BCUT2D eigenvalue weighted by Crippen LogP contribution is 2.35. The van der Waals surface area contributed by atoms with Crippen LogP contribution in [0.25, 0.3) is 11.0 Å². The molecule has 0 aliphatic heterocycles. The van der Waals surface area contributed by atoms with Crippen molar-refractivity contribution < 1.29 is 22.4 Å². The quantitative estimate of drug-likeness (QED) is 0.793. The van der Waals surface area contributed by atoms with Crippen molar-refractivity contribution in [3.8, 4) is 0 Å². The average Bonchev–Trinajstić information content (AvgIpc) is 2.75. The standard InChI is InChI=1S/C14H14BrNO5S/c1-4-11(18)13-8-5-9(15)10(16-22(3,19)20)6-12(8)21-14(13)7(2)17/h5-6,16H,4H2,1-3H3. The highest BCUT2D eigenvalue weighted by molar-refractivity contribution is 9.10. The molecule has 1 heterocycles. The molecular formula is C14H14BrNO5S.